The molecule has 4 nitrogen and oxygen atoms in total. The molecule has 1 aromatic rings. The Balaban J connectivity index is 2.75. The first kappa shape index (κ1) is 10.7. The predicted octanol–water partition coefficient (Wildman–Crippen LogP) is 1.92. The van der Waals surface area contributed by atoms with Crippen molar-refractivity contribution in [2.75, 3.05) is 0 Å². The summed E-state index contributed by atoms with van der Waals surface area (Å²) in [7, 11) is -3.68. The first-order valence-corrected chi connectivity index (χ1v) is 5.62. The summed E-state index contributed by atoms with van der Waals surface area (Å²) >= 11 is 5.63. The summed E-state index contributed by atoms with van der Waals surface area (Å²) < 4.78 is 15.0. The van der Waals surface area contributed by atoms with E-state index in [1.807, 2.05) is 0 Å². The van der Waals surface area contributed by atoms with Crippen molar-refractivity contribution in [2.24, 2.45) is 5.90 Å². The van der Waals surface area contributed by atoms with Crippen LogP contribution < -0.4 is 5.90 Å². The second kappa shape index (κ2) is 4.22. The molecule has 0 bridgehead atoms. The molecule has 0 aliphatic carbocycles. The number of hydrogen-bond acceptors (Lipinski definition) is 3. The van der Waals surface area contributed by atoms with Crippen molar-refractivity contribution >= 4 is 19.2 Å². The van der Waals surface area contributed by atoms with Gasteiger partial charge in [-0.25, -0.2) is 10.5 Å². The van der Waals surface area contributed by atoms with Crippen molar-refractivity contribution in [3.63, 3.8) is 0 Å². The molecule has 0 fully saturated rings. The molecule has 1 rings (SSSR count). The minimum absolute atomic E-state index is 0.110. The van der Waals surface area contributed by atoms with Gasteiger partial charge < -0.3 is 4.89 Å². The van der Waals surface area contributed by atoms with E-state index in [4.69, 9.17) is 16.5 Å². The molecule has 72 valence electrons. The van der Waals surface area contributed by atoms with Crippen LogP contribution in [0.4, 0.5) is 0 Å². The third kappa shape index (κ3) is 3.46. The van der Waals surface area contributed by atoms with Crippen molar-refractivity contribution in [1.82, 2.24) is 0 Å². The highest BCUT2D eigenvalue weighted by molar-refractivity contribution is 7.51. The molecule has 1 atom stereocenters. The average molecular weight is 222 g/mol. The molecule has 0 amide bonds. The lowest BCUT2D eigenvalue weighted by Crippen LogP contribution is -1.98. The van der Waals surface area contributed by atoms with Gasteiger partial charge in [0.25, 0.3) is 0 Å². The maximum Gasteiger partial charge on any atom is 0.348 e. The topological polar surface area (TPSA) is 72.5 Å². The molecule has 1 unspecified atom stereocenters. The zero-order chi connectivity index (χ0) is 9.90. The molecule has 0 radical (unpaired) electrons. The van der Waals surface area contributed by atoms with E-state index in [9.17, 15) is 4.57 Å². The van der Waals surface area contributed by atoms with Crippen molar-refractivity contribution in [2.45, 2.75) is 6.16 Å². The molecule has 0 aliphatic heterocycles. The van der Waals surface area contributed by atoms with E-state index in [2.05, 4.69) is 10.5 Å². The Morgan fingerprint density at radius 2 is 2.00 bits per heavy atom. The van der Waals surface area contributed by atoms with Crippen LogP contribution in [0.2, 0.25) is 5.02 Å². The first-order valence-electron chi connectivity index (χ1n) is 3.48. The number of halogens is 1. The fourth-order valence-electron chi connectivity index (χ4n) is 0.858. The van der Waals surface area contributed by atoms with Gasteiger partial charge in [-0.15, -0.1) is 0 Å². The summed E-state index contributed by atoms with van der Waals surface area (Å²) in [6.45, 7) is 0. The van der Waals surface area contributed by atoms with Crippen molar-refractivity contribution in [1.29, 1.82) is 0 Å². The lowest BCUT2D eigenvalue weighted by Gasteiger charge is -2.07. The summed E-state index contributed by atoms with van der Waals surface area (Å²) in [5.41, 5.74) is 0.653. The molecule has 0 spiro atoms. The molecular weight excluding hydrogens is 213 g/mol. The Hall–Kier alpha value is -0.380. The van der Waals surface area contributed by atoms with Crippen LogP contribution in [-0.4, -0.2) is 4.89 Å². The van der Waals surface area contributed by atoms with E-state index >= 15 is 0 Å². The second-order valence-corrected chi connectivity index (χ2v) is 4.77. The largest absolute Gasteiger partial charge is 0.348 e. The fourth-order valence-corrected chi connectivity index (χ4v) is 1.73. The maximum absolute atomic E-state index is 11.0. The number of nitrogens with two attached hydrogens (primary N) is 1. The van der Waals surface area contributed by atoms with Crippen molar-refractivity contribution in [3.05, 3.63) is 34.9 Å². The molecule has 0 aliphatic rings. The van der Waals surface area contributed by atoms with Crippen LogP contribution in [0.5, 0.6) is 0 Å². The standard InChI is InChI=1S/C7H9ClNO3P/c8-7-3-1-6(2-4-7)5-13(10,11)12-9/h1-4H,5,9H2,(H,10,11). The summed E-state index contributed by atoms with van der Waals surface area (Å²) in [5, 5.41) is 0.574. The molecule has 0 heterocycles. The van der Waals surface area contributed by atoms with Crippen LogP contribution in [0.15, 0.2) is 24.3 Å². The van der Waals surface area contributed by atoms with Crippen LogP contribution in [-0.2, 0) is 15.4 Å². The summed E-state index contributed by atoms with van der Waals surface area (Å²) in [5.74, 6) is 4.64. The van der Waals surface area contributed by atoms with Gasteiger partial charge in [-0.3, -0.25) is 4.57 Å². The van der Waals surface area contributed by atoms with E-state index in [0.29, 0.717) is 10.6 Å². The zero-order valence-corrected chi connectivity index (χ0v) is 8.33. The second-order valence-electron chi connectivity index (χ2n) is 2.53. The Bertz CT molecular complexity index is 327. The molecular formula is C7H9ClNO3P. The van der Waals surface area contributed by atoms with E-state index in [1.165, 1.54) is 0 Å². The van der Waals surface area contributed by atoms with Gasteiger partial charge in [0.1, 0.15) is 0 Å². The lowest BCUT2D eigenvalue weighted by atomic mass is 10.2. The van der Waals surface area contributed by atoms with Crippen LogP contribution in [0.1, 0.15) is 5.56 Å². The molecule has 6 heteroatoms. The predicted molar refractivity (Wildman–Crippen MR) is 50.3 cm³/mol. The minimum atomic E-state index is -3.68. The van der Waals surface area contributed by atoms with Gasteiger partial charge in [0.05, 0.1) is 6.16 Å². The molecule has 0 saturated carbocycles. The van der Waals surface area contributed by atoms with Crippen LogP contribution in [0, 0.1) is 0 Å². The third-order valence-corrected chi connectivity index (χ3v) is 2.81. The summed E-state index contributed by atoms with van der Waals surface area (Å²) in [6.07, 6.45) is -0.110. The van der Waals surface area contributed by atoms with Gasteiger partial charge in [0.2, 0.25) is 0 Å². The Kier molecular flexibility index (Phi) is 3.47. The summed E-state index contributed by atoms with van der Waals surface area (Å²) in [4.78, 5) is 9.02. The Morgan fingerprint density at radius 3 is 2.46 bits per heavy atom. The number of rotatable bonds is 3. The highest BCUT2D eigenvalue weighted by Gasteiger charge is 2.18. The Morgan fingerprint density at radius 1 is 1.46 bits per heavy atom. The lowest BCUT2D eigenvalue weighted by molar-refractivity contribution is 0.267. The van der Waals surface area contributed by atoms with Crippen LogP contribution >= 0.6 is 19.2 Å². The third-order valence-electron chi connectivity index (χ3n) is 1.46. The molecule has 0 aromatic heterocycles. The highest BCUT2D eigenvalue weighted by atomic mass is 35.5. The zero-order valence-electron chi connectivity index (χ0n) is 6.68. The van der Waals surface area contributed by atoms with Crippen molar-refractivity contribution < 1.29 is 14.1 Å². The van der Waals surface area contributed by atoms with Gasteiger partial charge >= 0.3 is 7.60 Å². The smallest absolute Gasteiger partial charge is 0.323 e. The van der Waals surface area contributed by atoms with E-state index in [0.717, 1.165) is 0 Å². The maximum atomic E-state index is 11.0. The van der Waals surface area contributed by atoms with Crippen LogP contribution in [0.3, 0.4) is 0 Å². The van der Waals surface area contributed by atoms with Crippen molar-refractivity contribution in [3.8, 4) is 0 Å². The molecule has 0 saturated heterocycles. The van der Waals surface area contributed by atoms with E-state index in [-0.39, 0.29) is 6.16 Å². The van der Waals surface area contributed by atoms with Gasteiger partial charge in [-0.05, 0) is 17.7 Å². The molecule has 1 aromatic carbocycles. The molecule has 3 N–H and O–H groups in total. The first-order chi connectivity index (χ1) is 6.03. The number of benzene rings is 1. The molecule has 13 heavy (non-hydrogen) atoms. The van der Waals surface area contributed by atoms with E-state index in [1.54, 1.807) is 24.3 Å². The highest BCUT2D eigenvalue weighted by Crippen LogP contribution is 2.43. The van der Waals surface area contributed by atoms with Gasteiger partial charge in [0.15, 0.2) is 0 Å². The average Bonchev–Trinajstić information content (AvgIpc) is 2.09. The normalized spacial score (nSPS) is 15.3. The van der Waals surface area contributed by atoms with Gasteiger partial charge in [-0.2, -0.15) is 0 Å². The quantitative estimate of drug-likeness (QED) is 0.604. The SMILES string of the molecule is NOP(=O)(O)Cc1ccc(Cl)cc1. The van der Waals surface area contributed by atoms with Gasteiger partial charge in [-0.1, -0.05) is 23.7 Å². The Labute approximate surface area is 80.8 Å². The van der Waals surface area contributed by atoms with Crippen LogP contribution in [0.25, 0.3) is 0 Å². The fraction of sp³-hybridized carbons (Fsp3) is 0.143. The van der Waals surface area contributed by atoms with Gasteiger partial charge in [0, 0.05) is 5.02 Å². The monoisotopic (exact) mass is 221 g/mol. The summed E-state index contributed by atoms with van der Waals surface area (Å²) in [6, 6.07) is 6.55. The van der Waals surface area contributed by atoms with E-state index < -0.39 is 7.60 Å². The number of hydrogen-bond donors (Lipinski definition) is 2. The minimum Gasteiger partial charge on any atom is -0.323 e.